The van der Waals surface area contributed by atoms with E-state index in [0.29, 0.717) is 44.6 Å². The van der Waals surface area contributed by atoms with Crippen LogP contribution in [0.5, 0.6) is 5.75 Å². The zero-order valence-corrected chi connectivity index (χ0v) is 18.9. The van der Waals surface area contributed by atoms with Crippen molar-refractivity contribution in [2.75, 3.05) is 26.4 Å². The van der Waals surface area contributed by atoms with Gasteiger partial charge in [0.25, 0.3) is 5.56 Å². The minimum atomic E-state index is -0.109. The zero-order chi connectivity index (χ0) is 22.0. The monoisotopic (exact) mass is 421 g/mol. The number of pyridine rings is 1. The Morgan fingerprint density at radius 2 is 2.03 bits per heavy atom. The number of aromatic nitrogens is 1. The van der Waals surface area contributed by atoms with Crippen molar-refractivity contribution in [2.45, 2.75) is 52.7 Å². The second-order valence-corrected chi connectivity index (χ2v) is 8.84. The number of ether oxygens (including phenoxy) is 3. The van der Waals surface area contributed by atoms with Gasteiger partial charge in [0.05, 0.1) is 25.5 Å². The fourth-order valence-corrected chi connectivity index (χ4v) is 4.21. The predicted octanol–water partition coefficient (Wildman–Crippen LogP) is 4.00. The van der Waals surface area contributed by atoms with Crippen molar-refractivity contribution in [3.05, 3.63) is 51.3 Å². The Bertz CT molecular complexity index is 1070. The Kier molecular flexibility index (Phi) is 6.50. The predicted molar refractivity (Wildman–Crippen MR) is 122 cm³/mol. The number of nitrogens with zero attached hydrogens (tertiary/aromatic N) is 1. The molecular formula is C26H31NO4. The molecular weight excluding hydrogens is 390 g/mol. The maximum Gasteiger partial charge on any atom is 0.254 e. The standard InChI is InChI=1S/C26H31NO4/c1-17(2)5-6-19-7-8-22-20(13-19)9-10-27-24(28)14-23(25(18(3)4)26(22)27)31-16-21-15-29-11-12-30-21/h7-8,13-14,17-18,21H,9-12,15-16H2,1-4H3. The lowest BCUT2D eigenvalue weighted by molar-refractivity contribution is -0.101. The Hall–Kier alpha value is -2.55. The van der Waals surface area contributed by atoms with Gasteiger partial charge in [-0.15, -0.1) is 0 Å². The van der Waals surface area contributed by atoms with Crippen molar-refractivity contribution in [3.63, 3.8) is 0 Å². The van der Waals surface area contributed by atoms with Crippen LogP contribution < -0.4 is 10.3 Å². The molecule has 3 heterocycles. The normalized spacial score (nSPS) is 17.7. The van der Waals surface area contributed by atoms with E-state index in [2.05, 4.69) is 57.7 Å². The Balaban J connectivity index is 1.74. The molecule has 4 rings (SSSR count). The van der Waals surface area contributed by atoms with Gasteiger partial charge < -0.3 is 18.8 Å². The van der Waals surface area contributed by atoms with Gasteiger partial charge in [-0.3, -0.25) is 4.79 Å². The molecule has 5 heteroatoms. The third kappa shape index (κ3) is 4.71. The molecule has 0 N–H and O–H groups in total. The van der Waals surface area contributed by atoms with Gasteiger partial charge in [0.1, 0.15) is 18.5 Å². The fourth-order valence-electron chi connectivity index (χ4n) is 4.21. The summed E-state index contributed by atoms with van der Waals surface area (Å²) in [7, 11) is 0. The molecule has 2 aromatic rings. The second-order valence-electron chi connectivity index (χ2n) is 8.84. The molecule has 2 aliphatic rings. The van der Waals surface area contributed by atoms with Crippen LogP contribution in [0.2, 0.25) is 0 Å². The van der Waals surface area contributed by atoms with E-state index in [1.807, 2.05) is 4.57 Å². The van der Waals surface area contributed by atoms with Crippen LogP contribution in [0.25, 0.3) is 11.3 Å². The van der Waals surface area contributed by atoms with Gasteiger partial charge in [-0.25, -0.2) is 0 Å². The van der Waals surface area contributed by atoms with E-state index < -0.39 is 0 Å². The number of hydrogen-bond donors (Lipinski definition) is 0. The van der Waals surface area contributed by atoms with E-state index in [4.69, 9.17) is 14.2 Å². The molecule has 0 bridgehead atoms. The number of rotatable bonds is 4. The Labute approximate surface area is 184 Å². The van der Waals surface area contributed by atoms with Crippen molar-refractivity contribution < 1.29 is 14.2 Å². The summed E-state index contributed by atoms with van der Waals surface area (Å²) in [5.41, 5.74) is 5.38. The molecule has 0 spiro atoms. The lowest BCUT2D eigenvalue weighted by Gasteiger charge is -2.29. The molecule has 164 valence electrons. The lowest BCUT2D eigenvalue weighted by Crippen LogP contribution is -2.34. The highest BCUT2D eigenvalue weighted by molar-refractivity contribution is 5.73. The quantitative estimate of drug-likeness (QED) is 0.701. The summed E-state index contributed by atoms with van der Waals surface area (Å²) in [5.74, 6) is 7.69. The molecule has 1 saturated heterocycles. The van der Waals surface area contributed by atoms with Gasteiger partial charge in [0, 0.05) is 35.2 Å². The largest absolute Gasteiger partial charge is 0.490 e. The minimum absolute atomic E-state index is 0.0236. The van der Waals surface area contributed by atoms with E-state index >= 15 is 0 Å². The number of hydrogen-bond acceptors (Lipinski definition) is 4. The van der Waals surface area contributed by atoms with Crippen molar-refractivity contribution in [1.29, 1.82) is 0 Å². The SMILES string of the molecule is CC(C)C#Cc1ccc2c(c1)CCn1c-2c(C(C)C)c(OCC2COCCO2)cc1=O. The summed E-state index contributed by atoms with van der Waals surface area (Å²) in [6.45, 7) is 11.2. The summed E-state index contributed by atoms with van der Waals surface area (Å²) in [6, 6.07) is 7.97. The van der Waals surface area contributed by atoms with E-state index in [0.717, 1.165) is 28.8 Å². The molecule has 31 heavy (non-hydrogen) atoms. The van der Waals surface area contributed by atoms with Crippen LogP contribution >= 0.6 is 0 Å². The highest BCUT2D eigenvalue weighted by Gasteiger charge is 2.26. The molecule has 1 atom stereocenters. The van der Waals surface area contributed by atoms with Gasteiger partial charge in [0.15, 0.2) is 0 Å². The van der Waals surface area contributed by atoms with Crippen LogP contribution in [0.3, 0.4) is 0 Å². The average Bonchev–Trinajstić information content (AvgIpc) is 2.76. The van der Waals surface area contributed by atoms with E-state index in [-0.39, 0.29) is 17.6 Å². The molecule has 1 aromatic heterocycles. The van der Waals surface area contributed by atoms with Crippen molar-refractivity contribution in [1.82, 2.24) is 4.57 Å². The maximum atomic E-state index is 13.0. The van der Waals surface area contributed by atoms with Crippen molar-refractivity contribution >= 4 is 0 Å². The summed E-state index contributed by atoms with van der Waals surface area (Å²) in [5, 5.41) is 0. The number of fused-ring (bicyclic) bond motifs is 3. The first-order chi connectivity index (χ1) is 14.9. The van der Waals surface area contributed by atoms with Crippen LogP contribution in [0, 0.1) is 17.8 Å². The summed E-state index contributed by atoms with van der Waals surface area (Å²) >= 11 is 0. The molecule has 0 aliphatic carbocycles. The van der Waals surface area contributed by atoms with E-state index in [9.17, 15) is 4.79 Å². The first kappa shape index (κ1) is 21.7. The van der Waals surface area contributed by atoms with Gasteiger partial charge in [-0.2, -0.15) is 0 Å². The molecule has 1 fully saturated rings. The molecule has 1 unspecified atom stereocenters. The van der Waals surface area contributed by atoms with Crippen molar-refractivity contribution in [3.8, 4) is 28.8 Å². The number of benzene rings is 1. The highest BCUT2D eigenvalue weighted by Crippen LogP contribution is 2.39. The number of aryl methyl sites for hydroxylation is 1. The highest BCUT2D eigenvalue weighted by atomic mass is 16.6. The smallest absolute Gasteiger partial charge is 0.254 e. The third-order valence-corrected chi connectivity index (χ3v) is 5.67. The summed E-state index contributed by atoms with van der Waals surface area (Å²) < 4.78 is 19.2. The van der Waals surface area contributed by atoms with E-state index in [1.165, 1.54) is 5.56 Å². The molecule has 0 amide bonds. The first-order valence-corrected chi connectivity index (χ1v) is 11.2. The molecule has 5 nitrogen and oxygen atoms in total. The van der Waals surface area contributed by atoms with Crippen LogP contribution in [-0.4, -0.2) is 37.1 Å². The van der Waals surface area contributed by atoms with Gasteiger partial charge >= 0.3 is 0 Å². The Morgan fingerprint density at radius 1 is 1.19 bits per heavy atom. The molecule has 1 aromatic carbocycles. The van der Waals surface area contributed by atoms with Crippen molar-refractivity contribution in [2.24, 2.45) is 5.92 Å². The maximum absolute atomic E-state index is 13.0. The summed E-state index contributed by atoms with van der Waals surface area (Å²) in [4.78, 5) is 13.0. The topological polar surface area (TPSA) is 49.7 Å². The lowest BCUT2D eigenvalue weighted by atomic mass is 9.89. The minimum Gasteiger partial charge on any atom is -0.490 e. The van der Waals surface area contributed by atoms with Crippen LogP contribution in [-0.2, 0) is 22.4 Å². The second kappa shape index (κ2) is 9.30. The third-order valence-electron chi connectivity index (χ3n) is 5.67. The Morgan fingerprint density at radius 3 is 2.74 bits per heavy atom. The van der Waals surface area contributed by atoms with Gasteiger partial charge in [0.2, 0.25) is 0 Å². The average molecular weight is 422 g/mol. The van der Waals surface area contributed by atoms with Crippen LogP contribution in [0.1, 0.15) is 50.3 Å². The zero-order valence-electron chi connectivity index (χ0n) is 18.9. The van der Waals surface area contributed by atoms with Crippen LogP contribution in [0.4, 0.5) is 0 Å². The molecule has 0 saturated carbocycles. The summed E-state index contributed by atoms with van der Waals surface area (Å²) in [6.07, 6.45) is 0.715. The van der Waals surface area contributed by atoms with E-state index in [1.54, 1.807) is 6.07 Å². The van der Waals surface area contributed by atoms with Crippen LogP contribution in [0.15, 0.2) is 29.1 Å². The first-order valence-electron chi connectivity index (χ1n) is 11.2. The molecule has 2 aliphatic heterocycles. The molecule has 0 radical (unpaired) electrons. The van der Waals surface area contributed by atoms with Gasteiger partial charge in [-0.1, -0.05) is 45.6 Å². The fraction of sp³-hybridized carbons (Fsp3) is 0.500. The van der Waals surface area contributed by atoms with Gasteiger partial charge in [-0.05, 0) is 30.0 Å².